The zero-order valence-corrected chi connectivity index (χ0v) is 10.4. The number of halogens is 1. The number of hydrogen-bond acceptors (Lipinski definition) is 2. The third-order valence-corrected chi connectivity index (χ3v) is 2.59. The van der Waals surface area contributed by atoms with Crippen molar-refractivity contribution in [3.63, 3.8) is 0 Å². The van der Waals surface area contributed by atoms with Crippen LogP contribution in [-0.2, 0) is 4.79 Å². The van der Waals surface area contributed by atoms with Crippen molar-refractivity contribution in [3.8, 4) is 0 Å². The van der Waals surface area contributed by atoms with Crippen molar-refractivity contribution in [3.05, 3.63) is 29.3 Å². The SMILES string of the molecule is CN(C)C(=O)CCCNc1ccccc1Cl. The van der Waals surface area contributed by atoms with Crippen molar-refractivity contribution in [2.45, 2.75) is 12.8 Å². The highest BCUT2D eigenvalue weighted by Crippen LogP contribution is 2.20. The maximum atomic E-state index is 11.3. The molecule has 0 fully saturated rings. The highest BCUT2D eigenvalue weighted by atomic mass is 35.5. The van der Waals surface area contributed by atoms with Crippen LogP contribution in [0.3, 0.4) is 0 Å². The fraction of sp³-hybridized carbons (Fsp3) is 0.417. The van der Waals surface area contributed by atoms with Crippen LogP contribution in [-0.4, -0.2) is 31.4 Å². The molecule has 0 aliphatic rings. The van der Waals surface area contributed by atoms with Gasteiger partial charge in [-0.05, 0) is 18.6 Å². The highest BCUT2D eigenvalue weighted by molar-refractivity contribution is 6.33. The van der Waals surface area contributed by atoms with Gasteiger partial charge in [-0.3, -0.25) is 4.79 Å². The molecular weight excluding hydrogens is 224 g/mol. The summed E-state index contributed by atoms with van der Waals surface area (Å²) in [6.07, 6.45) is 1.37. The number of nitrogens with zero attached hydrogens (tertiary/aromatic N) is 1. The van der Waals surface area contributed by atoms with Gasteiger partial charge in [-0.1, -0.05) is 23.7 Å². The van der Waals surface area contributed by atoms with E-state index in [1.54, 1.807) is 19.0 Å². The monoisotopic (exact) mass is 240 g/mol. The van der Waals surface area contributed by atoms with Crippen LogP contribution in [0.2, 0.25) is 5.02 Å². The molecule has 0 aromatic heterocycles. The van der Waals surface area contributed by atoms with E-state index in [1.807, 2.05) is 24.3 Å². The Labute approximate surface area is 101 Å². The average Bonchev–Trinajstić information content (AvgIpc) is 2.26. The number of carbonyl (C=O) groups excluding carboxylic acids is 1. The van der Waals surface area contributed by atoms with Crippen LogP contribution in [0, 0.1) is 0 Å². The van der Waals surface area contributed by atoms with E-state index in [2.05, 4.69) is 5.32 Å². The molecule has 1 rings (SSSR count). The lowest BCUT2D eigenvalue weighted by molar-refractivity contribution is -0.128. The Balaban J connectivity index is 2.26. The number of amides is 1. The second kappa shape index (κ2) is 6.38. The average molecular weight is 241 g/mol. The third kappa shape index (κ3) is 4.11. The Bertz CT molecular complexity index is 353. The minimum atomic E-state index is 0.154. The topological polar surface area (TPSA) is 32.3 Å². The van der Waals surface area contributed by atoms with E-state index in [-0.39, 0.29) is 5.91 Å². The van der Waals surface area contributed by atoms with Gasteiger partial charge in [0.25, 0.3) is 0 Å². The van der Waals surface area contributed by atoms with Crippen LogP contribution >= 0.6 is 11.6 Å². The highest BCUT2D eigenvalue weighted by Gasteiger charge is 2.03. The van der Waals surface area contributed by atoms with E-state index in [1.165, 1.54) is 0 Å². The summed E-state index contributed by atoms with van der Waals surface area (Å²) in [5.41, 5.74) is 0.918. The largest absolute Gasteiger partial charge is 0.384 e. The summed E-state index contributed by atoms with van der Waals surface area (Å²) < 4.78 is 0. The summed E-state index contributed by atoms with van der Waals surface area (Å²) in [7, 11) is 3.54. The standard InChI is InChI=1S/C12H17ClN2O/c1-15(2)12(16)8-5-9-14-11-7-4-3-6-10(11)13/h3-4,6-7,14H,5,8-9H2,1-2H3. The molecule has 0 saturated heterocycles. The van der Waals surface area contributed by atoms with E-state index in [0.717, 1.165) is 18.7 Å². The number of anilines is 1. The molecule has 0 saturated carbocycles. The zero-order valence-electron chi connectivity index (χ0n) is 9.66. The lowest BCUT2D eigenvalue weighted by atomic mass is 10.2. The van der Waals surface area contributed by atoms with E-state index < -0.39 is 0 Å². The summed E-state index contributed by atoms with van der Waals surface area (Å²) in [4.78, 5) is 12.9. The van der Waals surface area contributed by atoms with Crippen LogP contribution in [0.1, 0.15) is 12.8 Å². The van der Waals surface area contributed by atoms with Gasteiger partial charge in [0.2, 0.25) is 5.91 Å². The first-order chi connectivity index (χ1) is 7.61. The van der Waals surface area contributed by atoms with Crippen LogP contribution in [0.5, 0.6) is 0 Å². The Kier molecular flexibility index (Phi) is 5.12. The third-order valence-electron chi connectivity index (χ3n) is 2.26. The fourth-order valence-electron chi connectivity index (χ4n) is 1.29. The molecule has 0 heterocycles. The van der Waals surface area contributed by atoms with Gasteiger partial charge >= 0.3 is 0 Å². The van der Waals surface area contributed by atoms with Gasteiger partial charge in [0, 0.05) is 27.1 Å². The second-order valence-corrected chi connectivity index (χ2v) is 4.21. The van der Waals surface area contributed by atoms with Crippen molar-refractivity contribution in [1.29, 1.82) is 0 Å². The van der Waals surface area contributed by atoms with Gasteiger partial charge in [-0.15, -0.1) is 0 Å². The number of benzene rings is 1. The molecule has 0 aliphatic carbocycles. The molecule has 0 aliphatic heterocycles. The molecular formula is C12H17ClN2O. The van der Waals surface area contributed by atoms with Crippen molar-refractivity contribution in [1.82, 2.24) is 4.90 Å². The number of carbonyl (C=O) groups is 1. The van der Waals surface area contributed by atoms with E-state index in [0.29, 0.717) is 11.4 Å². The van der Waals surface area contributed by atoms with Crippen LogP contribution in [0.4, 0.5) is 5.69 Å². The Hall–Kier alpha value is -1.22. The summed E-state index contributed by atoms with van der Waals surface area (Å²) in [5, 5.41) is 3.91. The molecule has 1 N–H and O–H groups in total. The Morgan fingerprint density at radius 1 is 1.38 bits per heavy atom. The van der Waals surface area contributed by atoms with Gasteiger partial charge in [0.05, 0.1) is 10.7 Å². The molecule has 1 aromatic carbocycles. The molecule has 0 unspecified atom stereocenters. The molecule has 0 spiro atoms. The predicted octanol–water partition coefficient (Wildman–Crippen LogP) is 2.62. The molecule has 3 nitrogen and oxygen atoms in total. The Morgan fingerprint density at radius 3 is 2.69 bits per heavy atom. The van der Waals surface area contributed by atoms with Gasteiger partial charge in [-0.25, -0.2) is 0 Å². The summed E-state index contributed by atoms with van der Waals surface area (Å²) >= 11 is 5.98. The lowest BCUT2D eigenvalue weighted by Crippen LogP contribution is -2.22. The molecule has 4 heteroatoms. The molecule has 1 aromatic rings. The quantitative estimate of drug-likeness (QED) is 0.803. The van der Waals surface area contributed by atoms with E-state index in [4.69, 9.17) is 11.6 Å². The van der Waals surface area contributed by atoms with Gasteiger partial charge in [0.15, 0.2) is 0 Å². The molecule has 0 bridgehead atoms. The molecule has 1 amide bonds. The molecule has 16 heavy (non-hydrogen) atoms. The molecule has 0 atom stereocenters. The number of rotatable bonds is 5. The maximum Gasteiger partial charge on any atom is 0.222 e. The minimum absolute atomic E-state index is 0.154. The molecule has 0 radical (unpaired) electrons. The summed E-state index contributed by atoms with van der Waals surface area (Å²) in [6.45, 7) is 0.753. The van der Waals surface area contributed by atoms with Gasteiger partial charge < -0.3 is 10.2 Å². The van der Waals surface area contributed by atoms with Crippen LogP contribution < -0.4 is 5.32 Å². The number of hydrogen-bond donors (Lipinski definition) is 1. The van der Waals surface area contributed by atoms with Gasteiger partial charge in [-0.2, -0.15) is 0 Å². The van der Waals surface area contributed by atoms with Crippen molar-refractivity contribution in [2.75, 3.05) is 26.0 Å². The lowest BCUT2D eigenvalue weighted by Gasteiger charge is -2.11. The first-order valence-corrected chi connectivity index (χ1v) is 5.67. The zero-order chi connectivity index (χ0) is 12.0. The predicted molar refractivity (Wildman–Crippen MR) is 67.9 cm³/mol. The Morgan fingerprint density at radius 2 is 2.06 bits per heavy atom. The first kappa shape index (κ1) is 12.8. The summed E-state index contributed by atoms with van der Waals surface area (Å²) in [6, 6.07) is 7.59. The van der Waals surface area contributed by atoms with E-state index in [9.17, 15) is 4.79 Å². The summed E-state index contributed by atoms with van der Waals surface area (Å²) in [5.74, 6) is 0.154. The first-order valence-electron chi connectivity index (χ1n) is 5.30. The van der Waals surface area contributed by atoms with Crippen LogP contribution in [0.15, 0.2) is 24.3 Å². The van der Waals surface area contributed by atoms with Gasteiger partial charge in [0.1, 0.15) is 0 Å². The van der Waals surface area contributed by atoms with Crippen molar-refractivity contribution < 1.29 is 4.79 Å². The van der Waals surface area contributed by atoms with Crippen LogP contribution in [0.25, 0.3) is 0 Å². The number of para-hydroxylation sites is 1. The molecule has 88 valence electrons. The van der Waals surface area contributed by atoms with Crippen molar-refractivity contribution in [2.24, 2.45) is 0 Å². The normalized spacial score (nSPS) is 9.94. The number of nitrogens with one attached hydrogen (secondary N) is 1. The smallest absolute Gasteiger partial charge is 0.222 e. The minimum Gasteiger partial charge on any atom is -0.384 e. The van der Waals surface area contributed by atoms with E-state index >= 15 is 0 Å². The second-order valence-electron chi connectivity index (χ2n) is 3.80. The maximum absolute atomic E-state index is 11.3. The van der Waals surface area contributed by atoms with Crippen molar-refractivity contribution >= 4 is 23.2 Å². The fourth-order valence-corrected chi connectivity index (χ4v) is 1.49.